The van der Waals surface area contributed by atoms with Crippen LogP contribution in [0.4, 0.5) is 20.2 Å². The molecule has 2 rings (SSSR count). The second-order valence-corrected chi connectivity index (χ2v) is 3.90. The van der Waals surface area contributed by atoms with E-state index in [1.807, 2.05) is 0 Å². The minimum absolute atomic E-state index is 0.0476. The van der Waals surface area contributed by atoms with Crippen LogP contribution < -0.4 is 10.1 Å². The molecule has 0 saturated carbocycles. The SMILES string of the molecule is CNc1cc(Oc2ccc(F)c(F)c2)cc([N+](=O)[O-])c1. The van der Waals surface area contributed by atoms with Gasteiger partial charge in [0.1, 0.15) is 11.5 Å². The first-order valence-electron chi connectivity index (χ1n) is 5.60. The van der Waals surface area contributed by atoms with Crippen LogP contribution in [-0.4, -0.2) is 12.0 Å². The molecule has 2 aromatic carbocycles. The maximum atomic E-state index is 13.1. The zero-order valence-corrected chi connectivity index (χ0v) is 10.4. The third kappa shape index (κ3) is 3.00. The van der Waals surface area contributed by atoms with Gasteiger partial charge in [0.25, 0.3) is 5.69 Å². The number of nitro groups is 1. The molecule has 0 bridgehead atoms. The van der Waals surface area contributed by atoms with Gasteiger partial charge in [-0.05, 0) is 12.1 Å². The summed E-state index contributed by atoms with van der Waals surface area (Å²) in [5.41, 5.74) is 0.297. The number of halogens is 2. The van der Waals surface area contributed by atoms with Crippen LogP contribution in [0.25, 0.3) is 0 Å². The lowest BCUT2D eigenvalue weighted by atomic mass is 10.2. The Kier molecular flexibility index (Phi) is 3.79. The predicted octanol–water partition coefficient (Wildman–Crippen LogP) is 3.71. The van der Waals surface area contributed by atoms with Gasteiger partial charge in [0.05, 0.1) is 11.0 Å². The number of ether oxygens (including phenoxy) is 1. The molecule has 1 N–H and O–H groups in total. The Morgan fingerprint density at radius 3 is 2.45 bits per heavy atom. The van der Waals surface area contributed by atoms with Crippen LogP contribution >= 0.6 is 0 Å². The summed E-state index contributed by atoms with van der Waals surface area (Å²) in [6.07, 6.45) is 0. The van der Waals surface area contributed by atoms with Crippen LogP contribution in [0.5, 0.6) is 11.5 Å². The van der Waals surface area contributed by atoms with E-state index >= 15 is 0 Å². The van der Waals surface area contributed by atoms with Gasteiger partial charge in [0.15, 0.2) is 11.6 Å². The van der Waals surface area contributed by atoms with Crippen LogP contribution in [0, 0.1) is 21.7 Å². The van der Waals surface area contributed by atoms with E-state index < -0.39 is 16.6 Å². The molecule has 0 spiro atoms. The van der Waals surface area contributed by atoms with Crippen LogP contribution in [-0.2, 0) is 0 Å². The Balaban J connectivity index is 2.34. The van der Waals surface area contributed by atoms with E-state index in [9.17, 15) is 18.9 Å². The quantitative estimate of drug-likeness (QED) is 0.685. The minimum atomic E-state index is -1.05. The highest BCUT2D eigenvalue weighted by atomic mass is 19.2. The summed E-state index contributed by atoms with van der Waals surface area (Å²) in [6.45, 7) is 0. The maximum absolute atomic E-state index is 13.1. The van der Waals surface area contributed by atoms with E-state index in [1.165, 1.54) is 24.3 Å². The van der Waals surface area contributed by atoms with Crippen LogP contribution in [0.1, 0.15) is 0 Å². The summed E-state index contributed by atoms with van der Waals surface area (Å²) >= 11 is 0. The van der Waals surface area contributed by atoms with Gasteiger partial charge in [-0.25, -0.2) is 8.78 Å². The molecule has 20 heavy (non-hydrogen) atoms. The first-order valence-corrected chi connectivity index (χ1v) is 5.60. The Hall–Kier alpha value is -2.70. The lowest BCUT2D eigenvalue weighted by molar-refractivity contribution is -0.384. The third-order valence-corrected chi connectivity index (χ3v) is 2.52. The predicted molar refractivity (Wildman–Crippen MR) is 69.1 cm³/mol. The van der Waals surface area contributed by atoms with Gasteiger partial charge in [-0.15, -0.1) is 0 Å². The van der Waals surface area contributed by atoms with Gasteiger partial charge in [-0.1, -0.05) is 0 Å². The second kappa shape index (κ2) is 5.52. The molecule has 0 aliphatic rings. The lowest BCUT2D eigenvalue weighted by Crippen LogP contribution is -1.95. The van der Waals surface area contributed by atoms with Gasteiger partial charge in [0.2, 0.25) is 0 Å². The Bertz CT molecular complexity index is 662. The smallest absolute Gasteiger partial charge is 0.275 e. The normalized spacial score (nSPS) is 10.2. The van der Waals surface area contributed by atoms with E-state index in [-0.39, 0.29) is 17.2 Å². The van der Waals surface area contributed by atoms with Gasteiger partial charge in [-0.3, -0.25) is 10.1 Å². The van der Waals surface area contributed by atoms with Crippen LogP contribution in [0.15, 0.2) is 36.4 Å². The van der Waals surface area contributed by atoms with E-state index in [0.717, 1.165) is 12.1 Å². The summed E-state index contributed by atoms with van der Waals surface area (Å²) in [5.74, 6) is -1.85. The summed E-state index contributed by atoms with van der Waals surface area (Å²) < 4.78 is 31.2. The molecule has 0 saturated heterocycles. The molecule has 0 heterocycles. The molecule has 0 aliphatic carbocycles. The van der Waals surface area contributed by atoms with Crippen molar-refractivity contribution in [2.45, 2.75) is 0 Å². The van der Waals surface area contributed by atoms with Crippen molar-refractivity contribution in [3.8, 4) is 11.5 Å². The van der Waals surface area contributed by atoms with Crippen molar-refractivity contribution in [2.75, 3.05) is 12.4 Å². The van der Waals surface area contributed by atoms with E-state index in [0.29, 0.717) is 5.69 Å². The number of hydrogen-bond donors (Lipinski definition) is 1. The maximum Gasteiger partial charge on any atom is 0.275 e. The minimum Gasteiger partial charge on any atom is -0.457 e. The van der Waals surface area contributed by atoms with E-state index in [2.05, 4.69) is 5.32 Å². The number of nitrogens with zero attached hydrogens (tertiary/aromatic N) is 1. The second-order valence-electron chi connectivity index (χ2n) is 3.90. The monoisotopic (exact) mass is 280 g/mol. The van der Waals surface area contributed by atoms with Crippen molar-refractivity contribution in [1.29, 1.82) is 0 Å². The molecule has 0 aliphatic heterocycles. The molecule has 0 unspecified atom stereocenters. The molecule has 7 heteroatoms. The highest BCUT2D eigenvalue weighted by molar-refractivity contribution is 5.56. The number of nitro benzene ring substituents is 1. The number of rotatable bonds is 4. The average Bonchev–Trinajstić information content (AvgIpc) is 2.42. The molecule has 0 amide bonds. The number of anilines is 1. The number of benzene rings is 2. The molecule has 0 radical (unpaired) electrons. The number of nitrogens with one attached hydrogen (secondary N) is 1. The fourth-order valence-corrected chi connectivity index (χ4v) is 1.57. The average molecular weight is 280 g/mol. The number of non-ortho nitro benzene ring substituents is 1. The Morgan fingerprint density at radius 2 is 1.85 bits per heavy atom. The highest BCUT2D eigenvalue weighted by Crippen LogP contribution is 2.30. The largest absolute Gasteiger partial charge is 0.457 e. The standard InChI is InChI=1S/C13H10F2N2O3/c1-16-8-4-9(17(18)19)6-11(5-8)20-10-2-3-12(14)13(15)7-10/h2-7,16H,1H3. The van der Waals surface area contributed by atoms with Gasteiger partial charge >= 0.3 is 0 Å². The third-order valence-electron chi connectivity index (χ3n) is 2.52. The van der Waals surface area contributed by atoms with Crippen molar-refractivity contribution >= 4 is 11.4 Å². The van der Waals surface area contributed by atoms with Crippen molar-refractivity contribution in [2.24, 2.45) is 0 Å². The van der Waals surface area contributed by atoms with Gasteiger partial charge in [-0.2, -0.15) is 0 Å². The van der Waals surface area contributed by atoms with Crippen molar-refractivity contribution in [3.63, 3.8) is 0 Å². The molecular formula is C13H10F2N2O3. The fourth-order valence-electron chi connectivity index (χ4n) is 1.57. The van der Waals surface area contributed by atoms with Crippen LogP contribution in [0.2, 0.25) is 0 Å². The number of hydrogen-bond acceptors (Lipinski definition) is 4. The molecule has 104 valence electrons. The van der Waals surface area contributed by atoms with Crippen molar-refractivity contribution in [1.82, 2.24) is 0 Å². The van der Waals surface area contributed by atoms with E-state index in [4.69, 9.17) is 4.74 Å². The summed E-state index contributed by atoms with van der Waals surface area (Å²) in [4.78, 5) is 10.2. The molecule has 0 aromatic heterocycles. The van der Waals surface area contributed by atoms with Gasteiger partial charge < -0.3 is 10.1 Å². The lowest BCUT2D eigenvalue weighted by Gasteiger charge is -2.08. The first kappa shape index (κ1) is 13.7. The summed E-state index contributed by atoms with van der Waals surface area (Å²) in [7, 11) is 1.60. The molecule has 2 aromatic rings. The highest BCUT2D eigenvalue weighted by Gasteiger charge is 2.11. The van der Waals surface area contributed by atoms with Crippen molar-refractivity contribution < 1.29 is 18.4 Å². The summed E-state index contributed by atoms with van der Waals surface area (Å²) in [5, 5.41) is 13.5. The van der Waals surface area contributed by atoms with Crippen molar-refractivity contribution in [3.05, 3.63) is 58.1 Å². The molecule has 0 fully saturated rings. The van der Waals surface area contributed by atoms with E-state index in [1.54, 1.807) is 7.05 Å². The fraction of sp³-hybridized carbons (Fsp3) is 0.0769. The first-order chi connectivity index (χ1) is 9.49. The topological polar surface area (TPSA) is 64.4 Å². The van der Waals surface area contributed by atoms with Crippen LogP contribution in [0.3, 0.4) is 0 Å². The Morgan fingerprint density at radius 1 is 1.10 bits per heavy atom. The van der Waals surface area contributed by atoms with Gasteiger partial charge in [0, 0.05) is 30.9 Å². The zero-order valence-electron chi connectivity index (χ0n) is 10.4. The zero-order chi connectivity index (χ0) is 14.7. The molecular weight excluding hydrogens is 270 g/mol. The molecule has 5 nitrogen and oxygen atoms in total. The summed E-state index contributed by atoms with van der Waals surface area (Å²) in [6, 6.07) is 7.05. The Labute approximate surface area is 113 Å². The molecule has 0 atom stereocenters.